The van der Waals surface area contributed by atoms with Crippen molar-refractivity contribution in [1.29, 1.82) is 0 Å². The van der Waals surface area contributed by atoms with Gasteiger partial charge < -0.3 is 14.4 Å². The number of nitrogens with zero attached hydrogens (tertiary/aromatic N) is 2. The summed E-state index contributed by atoms with van der Waals surface area (Å²) in [6.45, 7) is 3.24. The molecule has 1 aromatic carbocycles. The maximum atomic E-state index is 13.1. The number of fused-ring (bicyclic) bond motifs is 1. The summed E-state index contributed by atoms with van der Waals surface area (Å²) < 4.78 is 35.1. The highest BCUT2D eigenvalue weighted by Gasteiger charge is 2.43. The zero-order valence-electron chi connectivity index (χ0n) is 13.8. The predicted molar refractivity (Wildman–Crippen MR) is 92.8 cm³/mol. The Bertz CT molecular complexity index is 793. The van der Waals surface area contributed by atoms with E-state index in [2.05, 4.69) is 19.7 Å². The molecule has 0 unspecified atom stereocenters. The lowest BCUT2D eigenvalue weighted by molar-refractivity contribution is -0.286. The molecule has 0 atom stereocenters. The van der Waals surface area contributed by atoms with Gasteiger partial charge >= 0.3 is 12.3 Å². The molecule has 1 fully saturated rings. The number of alkyl halides is 2. The molecule has 6 nitrogen and oxygen atoms in total. The SMILES string of the molecule is O=C(Nc1cccs1)N1CCN(Cc2ccc3c(c2)OC(F)(F)O3)CC1. The number of urea groups is 1. The summed E-state index contributed by atoms with van der Waals surface area (Å²) in [5, 5.41) is 5.62. The van der Waals surface area contributed by atoms with Crippen LogP contribution in [-0.2, 0) is 6.54 Å². The Kier molecular flexibility index (Phi) is 4.41. The van der Waals surface area contributed by atoms with Gasteiger partial charge in [0.15, 0.2) is 11.5 Å². The normalized spacial score (nSPS) is 18.8. The molecule has 2 amide bonds. The number of rotatable bonds is 3. The van der Waals surface area contributed by atoms with Gasteiger partial charge in [0, 0.05) is 32.7 Å². The number of carbonyl (C=O) groups is 1. The monoisotopic (exact) mass is 381 g/mol. The Labute approximate surface area is 152 Å². The highest BCUT2D eigenvalue weighted by molar-refractivity contribution is 7.14. The van der Waals surface area contributed by atoms with Crippen molar-refractivity contribution in [2.45, 2.75) is 12.8 Å². The fraction of sp³-hybridized carbons (Fsp3) is 0.353. The summed E-state index contributed by atoms with van der Waals surface area (Å²) >= 11 is 1.48. The van der Waals surface area contributed by atoms with Crippen molar-refractivity contribution >= 4 is 22.4 Å². The topological polar surface area (TPSA) is 54.0 Å². The summed E-state index contributed by atoms with van der Waals surface area (Å²) in [5.41, 5.74) is 0.863. The van der Waals surface area contributed by atoms with Gasteiger partial charge in [-0.25, -0.2) is 4.79 Å². The average Bonchev–Trinajstić information content (AvgIpc) is 3.21. The van der Waals surface area contributed by atoms with E-state index in [0.29, 0.717) is 32.7 Å². The first kappa shape index (κ1) is 17.0. The number of hydrogen-bond donors (Lipinski definition) is 1. The Balaban J connectivity index is 1.30. The Morgan fingerprint density at radius 3 is 2.65 bits per heavy atom. The van der Waals surface area contributed by atoms with Gasteiger partial charge in [0.1, 0.15) is 0 Å². The fourth-order valence-electron chi connectivity index (χ4n) is 2.99. The van der Waals surface area contributed by atoms with Crippen molar-refractivity contribution in [1.82, 2.24) is 9.80 Å². The average molecular weight is 381 g/mol. The number of benzene rings is 1. The lowest BCUT2D eigenvalue weighted by Crippen LogP contribution is -2.49. The Morgan fingerprint density at radius 1 is 1.15 bits per heavy atom. The standard InChI is InChI=1S/C17H17F2N3O3S/c18-17(19)24-13-4-3-12(10-14(13)25-17)11-21-5-7-22(8-6-21)16(23)20-15-2-1-9-26-15/h1-4,9-10H,5-8,11H2,(H,20,23). The van der Waals surface area contributed by atoms with Gasteiger partial charge in [-0.3, -0.25) is 10.2 Å². The van der Waals surface area contributed by atoms with E-state index in [-0.39, 0.29) is 17.5 Å². The van der Waals surface area contributed by atoms with Crippen LogP contribution >= 0.6 is 11.3 Å². The van der Waals surface area contributed by atoms with Gasteiger partial charge in [0.05, 0.1) is 5.00 Å². The van der Waals surface area contributed by atoms with Gasteiger partial charge in [-0.1, -0.05) is 6.07 Å². The number of piperazine rings is 1. The molecule has 2 aliphatic rings. The van der Waals surface area contributed by atoms with Crippen molar-refractivity contribution in [2.24, 2.45) is 0 Å². The number of anilines is 1. The minimum absolute atomic E-state index is 0.0498. The molecule has 0 bridgehead atoms. The molecule has 0 saturated carbocycles. The number of carbonyl (C=O) groups excluding carboxylic acids is 1. The van der Waals surface area contributed by atoms with Crippen LogP contribution in [0.15, 0.2) is 35.7 Å². The van der Waals surface area contributed by atoms with Crippen molar-refractivity contribution in [2.75, 3.05) is 31.5 Å². The first-order valence-corrected chi connectivity index (χ1v) is 9.07. The quantitative estimate of drug-likeness (QED) is 0.885. The molecule has 1 aromatic heterocycles. The molecule has 4 rings (SSSR count). The van der Waals surface area contributed by atoms with E-state index in [1.54, 1.807) is 17.0 Å². The molecule has 1 saturated heterocycles. The molecule has 138 valence electrons. The molecule has 1 N–H and O–H groups in total. The van der Waals surface area contributed by atoms with Crippen LogP contribution in [0.25, 0.3) is 0 Å². The Morgan fingerprint density at radius 2 is 1.92 bits per heavy atom. The van der Waals surface area contributed by atoms with Crippen LogP contribution in [0, 0.1) is 0 Å². The summed E-state index contributed by atoms with van der Waals surface area (Å²) in [6.07, 6.45) is -3.59. The van der Waals surface area contributed by atoms with Crippen LogP contribution in [0.5, 0.6) is 11.5 Å². The van der Waals surface area contributed by atoms with Gasteiger partial charge in [0.2, 0.25) is 0 Å². The predicted octanol–water partition coefficient (Wildman–Crippen LogP) is 3.42. The summed E-state index contributed by atoms with van der Waals surface area (Å²) in [6, 6.07) is 8.47. The van der Waals surface area contributed by atoms with Gasteiger partial charge in [-0.05, 0) is 35.2 Å². The van der Waals surface area contributed by atoms with E-state index in [1.165, 1.54) is 17.4 Å². The molecule has 2 aliphatic heterocycles. The second-order valence-corrected chi connectivity index (χ2v) is 7.07. The third-order valence-corrected chi connectivity index (χ3v) is 5.07. The van der Waals surface area contributed by atoms with Crippen molar-refractivity contribution < 1.29 is 23.0 Å². The first-order valence-electron chi connectivity index (χ1n) is 8.19. The summed E-state index contributed by atoms with van der Waals surface area (Å²) in [7, 11) is 0. The molecular weight excluding hydrogens is 364 g/mol. The zero-order valence-corrected chi connectivity index (χ0v) is 14.6. The Hall–Kier alpha value is -2.39. The molecule has 26 heavy (non-hydrogen) atoms. The van der Waals surface area contributed by atoms with E-state index in [0.717, 1.165) is 10.6 Å². The third kappa shape index (κ3) is 3.73. The van der Waals surface area contributed by atoms with Crippen molar-refractivity contribution in [3.05, 3.63) is 41.3 Å². The number of halogens is 2. The van der Waals surface area contributed by atoms with E-state index in [4.69, 9.17) is 0 Å². The third-order valence-electron chi connectivity index (χ3n) is 4.28. The van der Waals surface area contributed by atoms with E-state index in [1.807, 2.05) is 17.5 Å². The number of thiophene rings is 1. The van der Waals surface area contributed by atoms with E-state index >= 15 is 0 Å². The summed E-state index contributed by atoms with van der Waals surface area (Å²) in [5.74, 6) is 0.107. The minimum Gasteiger partial charge on any atom is -0.395 e. The fourth-order valence-corrected chi connectivity index (χ4v) is 3.60. The molecule has 2 aromatic rings. The van der Waals surface area contributed by atoms with Crippen LogP contribution < -0.4 is 14.8 Å². The highest BCUT2D eigenvalue weighted by atomic mass is 32.1. The smallest absolute Gasteiger partial charge is 0.395 e. The number of hydrogen-bond acceptors (Lipinski definition) is 5. The van der Waals surface area contributed by atoms with Gasteiger partial charge in [0.25, 0.3) is 0 Å². The highest BCUT2D eigenvalue weighted by Crippen LogP contribution is 2.41. The minimum atomic E-state index is -3.59. The number of amides is 2. The maximum Gasteiger partial charge on any atom is 0.586 e. The number of nitrogens with one attached hydrogen (secondary N) is 1. The molecular formula is C17H17F2N3O3S. The van der Waals surface area contributed by atoms with Crippen LogP contribution in [0.4, 0.5) is 18.6 Å². The maximum absolute atomic E-state index is 13.1. The molecule has 0 aliphatic carbocycles. The second-order valence-electron chi connectivity index (χ2n) is 6.12. The van der Waals surface area contributed by atoms with Crippen LogP contribution in [-0.4, -0.2) is 48.3 Å². The van der Waals surface area contributed by atoms with Crippen LogP contribution in [0.3, 0.4) is 0 Å². The number of ether oxygens (including phenoxy) is 2. The zero-order chi connectivity index (χ0) is 18.1. The molecule has 0 radical (unpaired) electrons. The lowest BCUT2D eigenvalue weighted by atomic mass is 10.1. The lowest BCUT2D eigenvalue weighted by Gasteiger charge is -2.34. The second kappa shape index (κ2) is 6.73. The van der Waals surface area contributed by atoms with Gasteiger partial charge in [-0.2, -0.15) is 0 Å². The van der Waals surface area contributed by atoms with Gasteiger partial charge in [-0.15, -0.1) is 20.1 Å². The summed E-state index contributed by atoms with van der Waals surface area (Å²) in [4.78, 5) is 16.2. The molecule has 9 heteroatoms. The van der Waals surface area contributed by atoms with Crippen molar-refractivity contribution in [3.63, 3.8) is 0 Å². The van der Waals surface area contributed by atoms with Crippen LogP contribution in [0.2, 0.25) is 0 Å². The van der Waals surface area contributed by atoms with E-state index in [9.17, 15) is 13.6 Å². The van der Waals surface area contributed by atoms with E-state index < -0.39 is 6.29 Å². The first-order chi connectivity index (χ1) is 12.5. The largest absolute Gasteiger partial charge is 0.586 e. The van der Waals surface area contributed by atoms with Crippen LogP contribution in [0.1, 0.15) is 5.56 Å². The molecule has 3 heterocycles. The molecule has 0 spiro atoms. The van der Waals surface area contributed by atoms with Crippen molar-refractivity contribution in [3.8, 4) is 11.5 Å².